The molecule has 0 aromatic heterocycles. The molecule has 0 spiro atoms. The molecule has 1 N–H and O–H groups in total. The number of nitrogens with one attached hydrogen (secondary N) is 1. The first-order chi connectivity index (χ1) is 7.99. The van der Waals surface area contributed by atoms with E-state index in [-0.39, 0.29) is 0 Å². The van der Waals surface area contributed by atoms with Gasteiger partial charge in [0.05, 0.1) is 0 Å². The van der Waals surface area contributed by atoms with Crippen molar-refractivity contribution in [2.75, 3.05) is 32.7 Å². The van der Waals surface area contributed by atoms with Crippen LogP contribution in [0.4, 0.5) is 0 Å². The molecule has 1 aliphatic rings. The average molecular weight is 240 g/mol. The summed E-state index contributed by atoms with van der Waals surface area (Å²) >= 11 is 0. The van der Waals surface area contributed by atoms with Gasteiger partial charge in [-0.1, -0.05) is 34.1 Å². The summed E-state index contributed by atoms with van der Waals surface area (Å²) in [5.74, 6) is 0.779. The summed E-state index contributed by atoms with van der Waals surface area (Å²) < 4.78 is 0. The summed E-state index contributed by atoms with van der Waals surface area (Å²) in [4.78, 5) is 2.64. The zero-order chi connectivity index (χ0) is 12.7. The van der Waals surface area contributed by atoms with E-state index in [0.717, 1.165) is 5.92 Å². The van der Waals surface area contributed by atoms with Crippen LogP contribution in [0.25, 0.3) is 0 Å². The summed E-state index contributed by atoms with van der Waals surface area (Å²) in [6, 6.07) is 0. The van der Waals surface area contributed by atoms with Crippen molar-refractivity contribution in [3.63, 3.8) is 0 Å². The molecule has 102 valence electrons. The highest BCUT2D eigenvalue weighted by atomic mass is 15.1. The summed E-state index contributed by atoms with van der Waals surface area (Å²) in [6.07, 6.45) is 5.47. The van der Waals surface area contributed by atoms with Crippen LogP contribution < -0.4 is 5.32 Å². The number of nitrogens with zero attached hydrogens (tertiary/aromatic N) is 1. The van der Waals surface area contributed by atoms with Crippen LogP contribution in [0, 0.1) is 11.3 Å². The Bertz CT molecular complexity index is 199. The normalized spacial score (nSPS) is 20.3. The minimum atomic E-state index is 0.568. The van der Waals surface area contributed by atoms with E-state index in [1.165, 1.54) is 58.4 Å². The molecule has 0 aliphatic carbocycles. The number of hydrogen-bond acceptors (Lipinski definition) is 2. The van der Waals surface area contributed by atoms with Crippen molar-refractivity contribution >= 4 is 0 Å². The van der Waals surface area contributed by atoms with Crippen molar-refractivity contribution in [3.05, 3.63) is 0 Å². The van der Waals surface area contributed by atoms with E-state index in [1.54, 1.807) is 0 Å². The van der Waals surface area contributed by atoms with Gasteiger partial charge in [-0.25, -0.2) is 0 Å². The highest BCUT2D eigenvalue weighted by Gasteiger charge is 2.28. The van der Waals surface area contributed by atoms with Gasteiger partial charge in [0.2, 0.25) is 0 Å². The number of hydrogen-bond donors (Lipinski definition) is 1. The topological polar surface area (TPSA) is 15.3 Å². The maximum atomic E-state index is 3.51. The third-order valence-electron chi connectivity index (χ3n) is 3.64. The Morgan fingerprint density at radius 3 is 2.53 bits per heavy atom. The first kappa shape index (κ1) is 15.0. The minimum Gasteiger partial charge on any atom is -0.316 e. The second-order valence-electron chi connectivity index (χ2n) is 6.85. The molecule has 2 heteroatoms. The summed E-state index contributed by atoms with van der Waals surface area (Å²) in [6.45, 7) is 15.6. The van der Waals surface area contributed by atoms with E-state index < -0.39 is 0 Å². The van der Waals surface area contributed by atoms with Gasteiger partial charge in [-0.2, -0.15) is 0 Å². The lowest BCUT2D eigenvalue weighted by Crippen LogP contribution is -2.24. The predicted octanol–water partition coefficient (Wildman–Crippen LogP) is 3.13. The van der Waals surface area contributed by atoms with Crippen molar-refractivity contribution in [3.8, 4) is 0 Å². The zero-order valence-electron chi connectivity index (χ0n) is 12.4. The zero-order valence-corrected chi connectivity index (χ0v) is 12.4. The SMILES string of the molecule is CC(C)CNCCCCCN1CCC(C)(C)C1. The number of unbranched alkanes of at least 4 members (excludes halogenated alkanes) is 2. The highest BCUT2D eigenvalue weighted by Crippen LogP contribution is 2.28. The Labute approximate surface area is 108 Å². The van der Waals surface area contributed by atoms with E-state index in [2.05, 4.69) is 37.9 Å². The fraction of sp³-hybridized carbons (Fsp3) is 1.00. The van der Waals surface area contributed by atoms with Crippen LogP contribution in [-0.4, -0.2) is 37.6 Å². The van der Waals surface area contributed by atoms with Crippen molar-refractivity contribution < 1.29 is 0 Å². The van der Waals surface area contributed by atoms with E-state index in [1.807, 2.05) is 0 Å². The Balaban J connectivity index is 1.88. The molecule has 1 fully saturated rings. The highest BCUT2D eigenvalue weighted by molar-refractivity contribution is 4.82. The largest absolute Gasteiger partial charge is 0.316 e. The standard InChI is InChI=1S/C15H32N2/c1-14(2)12-16-9-6-5-7-10-17-11-8-15(3,4)13-17/h14,16H,5-13H2,1-4H3. The Kier molecular flexibility index (Phi) is 6.50. The quantitative estimate of drug-likeness (QED) is 0.656. The van der Waals surface area contributed by atoms with Gasteiger partial charge >= 0.3 is 0 Å². The summed E-state index contributed by atoms with van der Waals surface area (Å²) in [7, 11) is 0. The molecule has 0 aromatic carbocycles. The van der Waals surface area contributed by atoms with Crippen molar-refractivity contribution in [1.82, 2.24) is 10.2 Å². The molecular weight excluding hydrogens is 208 g/mol. The van der Waals surface area contributed by atoms with E-state index >= 15 is 0 Å². The van der Waals surface area contributed by atoms with Crippen LogP contribution in [0.3, 0.4) is 0 Å². The monoisotopic (exact) mass is 240 g/mol. The van der Waals surface area contributed by atoms with Gasteiger partial charge < -0.3 is 10.2 Å². The average Bonchev–Trinajstić information content (AvgIpc) is 2.56. The smallest absolute Gasteiger partial charge is 0.00332 e. The number of likely N-dealkylation sites (tertiary alicyclic amines) is 1. The van der Waals surface area contributed by atoms with Crippen LogP contribution in [0.5, 0.6) is 0 Å². The van der Waals surface area contributed by atoms with Crippen molar-refractivity contribution in [2.24, 2.45) is 11.3 Å². The van der Waals surface area contributed by atoms with Crippen LogP contribution in [-0.2, 0) is 0 Å². The summed E-state index contributed by atoms with van der Waals surface area (Å²) in [5.41, 5.74) is 0.568. The van der Waals surface area contributed by atoms with Gasteiger partial charge in [-0.05, 0) is 56.8 Å². The predicted molar refractivity (Wildman–Crippen MR) is 76.4 cm³/mol. The lowest BCUT2D eigenvalue weighted by Gasteiger charge is -2.19. The molecular formula is C15H32N2. The molecule has 1 saturated heterocycles. The molecule has 0 radical (unpaired) electrons. The first-order valence-electron chi connectivity index (χ1n) is 7.43. The molecule has 0 aromatic rings. The Hall–Kier alpha value is -0.0800. The molecule has 1 rings (SSSR count). The maximum absolute atomic E-state index is 3.51. The maximum Gasteiger partial charge on any atom is 0.00332 e. The lowest BCUT2D eigenvalue weighted by atomic mass is 9.93. The fourth-order valence-electron chi connectivity index (χ4n) is 2.57. The minimum absolute atomic E-state index is 0.568. The first-order valence-corrected chi connectivity index (χ1v) is 7.43. The van der Waals surface area contributed by atoms with Crippen LogP contribution >= 0.6 is 0 Å². The second-order valence-corrected chi connectivity index (χ2v) is 6.85. The van der Waals surface area contributed by atoms with Crippen molar-refractivity contribution in [1.29, 1.82) is 0 Å². The van der Waals surface area contributed by atoms with E-state index in [0.29, 0.717) is 5.41 Å². The van der Waals surface area contributed by atoms with Gasteiger partial charge in [-0.3, -0.25) is 0 Å². The molecule has 0 atom stereocenters. The van der Waals surface area contributed by atoms with Gasteiger partial charge in [0.25, 0.3) is 0 Å². The Morgan fingerprint density at radius 1 is 1.18 bits per heavy atom. The third kappa shape index (κ3) is 7.05. The Morgan fingerprint density at radius 2 is 1.94 bits per heavy atom. The van der Waals surface area contributed by atoms with Crippen LogP contribution in [0.2, 0.25) is 0 Å². The van der Waals surface area contributed by atoms with Gasteiger partial charge in [0.15, 0.2) is 0 Å². The molecule has 0 unspecified atom stereocenters. The molecule has 1 heterocycles. The summed E-state index contributed by atoms with van der Waals surface area (Å²) in [5, 5.41) is 3.51. The molecule has 2 nitrogen and oxygen atoms in total. The van der Waals surface area contributed by atoms with E-state index in [9.17, 15) is 0 Å². The second kappa shape index (κ2) is 7.38. The number of rotatable bonds is 8. The molecule has 0 bridgehead atoms. The molecule has 17 heavy (non-hydrogen) atoms. The van der Waals surface area contributed by atoms with Crippen LogP contribution in [0.15, 0.2) is 0 Å². The fourth-order valence-corrected chi connectivity index (χ4v) is 2.57. The third-order valence-corrected chi connectivity index (χ3v) is 3.64. The van der Waals surface area contributed by atoms with Crippen molar-refractivity contribution in [2.45, 2.75) is 53.4 Å². The lowest BCUT2D eigenvalue weighted by molar-refractivity contribution is 0.284. The van der Waals surface area contributed by atoms with Gasteiger partial charge in [0.1, 0.15) is 0 Å². The van der Waals surface area contributed by atoms with E-state index in [4.69, 9.17) is 0 Å². The molecule has 1 aliphatic heterocycles. The van der Waals surface area contributed by atoms with Gasteiger partial charge in [0, 0.05) is 6.54 Å². The van der Waals surface area contributed by atoms with Crippen LogP contribution in [0.1, 0.15) is 53.4 Å². The van der Waals surface area contributed by atoms with Gasteiger partial charge in [-0.15, -0.1) is 0 Å². The molecule has 0 saturated carbocycles. The molecule has 0 amide bonds.